The fourth-order valence-electron chi connectivity index (χ4n) is 2.53. The van der Waals surface area contributed by atoms with Crippen LogP contribution in [0.3, 0.4) is 0 Å². The molecule has 21 heavy (non-hydrogen) atoms. The summed E-state index contributed by atoms with van der Waals surface area (Å²) in [5, 5.41) is 0. The minimum absolute atomic E-state index is 0.00532. The van der Waals surface area contributed by atoms with E-state index in [1.807, 2.05) is 0 Å². The molecular formula is C18H35N3. The maximum Gasteiger partial charge on any atom is 0.196 e. The average molecular weight is 293 g/mol. The Morgan fingerprint density at radius 1 is 1.05 bits per heavy atom. The third-order valence-corrected chi connectivity index (χ3v) is 3.70. The maximum atomic E-state index is 4.87. The Kier molecular flexibility index (Phi) is 7.84. The van der Waals surface area contributed by atoms with Gasteiger partial charge in [0.25, 0.3) is 0 Å². The van der Waals surface area contributed by atoms with Crippen molar-refractivity contribution in [3.05, 3.63) is 12.2 Å². The molecular weight excluding hydrogens is 258 g/mol. The molecule has 1 rings (SSSR count). The first-order valence-electron chi connectivity index (χ1n) is 8.65. The van der Waals surface area contributed by atoms with Gasteiger partial charge in [0.15, 0.2) is 5.96 Å². The van der Waals surface area contributed by atoms with Crippen LogP contribution in [0.1, 0.15) is 66.2 Å². The molecule has 1 aliphatic rings. The van der Waals surface area contributed by atoms with Gasteiger partial charge in [0.2, 0.25) is 0 Å². The minimum Gasteiger partial charge on any atom is -0.344 e. The normalized spacial score (nSPS) is 18.4. The van der Waals surface area contributed by atoms with Gasteiger partial charge in [-0.1, -0.05) is 31.9 Å². The maximum absolute atomic E-state index is 4.87. The summed E-state index contributed by atoms with van der Waals surface area (Å²) in [6.07, 6.45) is 12.4. The van der Waals surface area contributed by atoms with E-state index in [1.54, 1.807) is 0 Å². The van der Waals surface area contributed by atoms with Gasteiger partial charge in [-0.25, -0.2) is 4.99 Å². The number of hydrogen-bond acceptors (Lipinski definition) is 1. The Balaban J connectivity index is 2.29. The number of likely N-dealkylation sites (N-methyl/N-ethyl adjacent to an activating group) is 1. The lowest BCUT2D eigenvalue weighted by molar-refractivity contribution is 0.441. The van der Waals surface area contributed by atoms with Crippen molar-refractivity contribution < 1.29 is 0 Å². The Morgan fingerprint density at radius 2 is 1.71 bits per heavy atom. The van der Waals surface area contributed by atoms with Gasteiger partial charge in [0.05, 0.1) is 5.54 Å². The van der Waals surface area contributed by atoms with E-state index in [0.717, 1.165) is 19.6 Å². The second-order valence-corrected chi connectivity index (χ2v) is 7.10. The second-order valence-electron chi connectivity index (χ2n) is 7.10. The predicted octanol–water partition coefficient (Wildman–Crippen LogP) is 4.31. The molecule has 122 valence electrons. The number of guanidine groups is 1. The average Bonchev–Trinajstić information content (AvgIpc) is 2.73. The largest absolute Gasteiger partial charge is 0.344 e. The van der Waals surface area contributed by atoms with E-state index in [4.69, 9.17) is 4.99 Å². The molecule has 0 spiro atoms. The molecule has 0 amide bonds. The van der Waals surface area contributed by atoms with Crippen LogP contribution in [-0.2, 0) is 0 Å². The third-order valence-electron chi connectivity index (χ3n) is 3.70. The highest BCUT2D eigenvalue weighted by molar-refractivity contribution is 5.82. The molecule has 0 aliphatic carbocycles. The summed E-state index contributed by atoms with van der Waals surface area (Å²) in [7, 11) is 2.15. The molecule has 0 unspecified atom stereocenters. The van der Waals surface area contributed by atoms with Crippen LogP contribution in [0.25, 0.3) is 0 Å². The molecule has 0 radical (unpaired) electrons. The first-order chi connectivity index (χ1) is 9.94. The Labute approximate surface area is 132 Å². The molecule has 0 N–H and O–H groups in total. The van der Waals surface area contributed by atoms with Gasteiger partial charge in [0.1, 0.15) is 0 Å². The highest BCUT2D eigenvalue weighted by atomic mass is 15.4. The summed E-state index contributed by atoms with van der Waals surface area (Å²) in [5.41, 5.74) is 0.00532. The Hall–Kier alpha value is -0.990. The number of rotatable bonds is 8. The van der Waals surface area contributed by atoms with Crippen molar-refractivity contribution in [1.29, 1.82) is 0 Å². The van der Waals surface area contributed by atoms with E-state index >= 15 is 0 Å². The lowest BCUT2D eigenvalue weighted by atomic mass is 10.1. The van der Waals surface area contributed by atoms with Crippen molar-refractivity contribution in [2.45, 2.75) is 71.8 Å². The lowest BCUT2D eigenvalue weighted by Gasteiger charge is -2.24. The van der Waals surface area contributed by atoms with Gasteiger partial charge in [-0.05, 0) is 46.5 Å². The quantitative estimate of drug-likeness (QED) is 0.491. The van der Waals surface area contributed by atoms with E-state index in [1.165, 1.54) is 44.5 Å². The van der Waals surface area contributed by atoms with Crippen LogP contribution in [0.5, 0.6) is 0 Å². The summed E-state index contributed by atoms with van der Waals surface area (Å²) in [5.74, 6) is 1.18. The highest BCUT2D eigenvalue weighted by Crippen LogP contribution is 2.14. The van der Waals surface area contributed by atoms with E-state index in [9.17, 15) is 0 Å². The van der Waals surface area contributed by atoms with Gasteiger partial charge in [-0.15, -0.1) is 0 Å². The van der Waals surface area contributed by atoms with Crippen LogP contribution in [0.4, 0.5) is 0 Å². The molecule has 0 atom stereocenters. The molecule has 0 aromatic heterocycles. The van der Waals surface area contributed by atoms with Gasteiger partial charge in [-0.3, -0.25) is 0 Å². The van der Waals surface area contributed by atoms with Gasteiger partial charge < -0.3 is 9.80 Å². The highest BCUT2D eigenvalue weighted by Gasteiger charge is 2.24. The van der Waals surface area contributed by atoms with Crippen LogP contribution >= 0.6 is 0 Å². The Morgan fingerprint density at radius 3 is 2.33 bits per heavy atom. The van der Waals surface area contributed by atoms with Crippen LogP contribution in [0.15, 0.2) is 17.1 Å². The predicted molar refractivity (Wildman–Crippen MR) is 93.9 cm³/mol. The lowest BCUT2D eigenvalue weighted by Crippen LogP contribution is -2.34. The third kappa shape index (κ3) is 7.54. The zero-order chi connectivity index (χ0) is 15.7. The van der Waals surface area contributed by atoms with Crippen LogP contribution in [0.2, 0.25) is 0 Å². The number of hydrogen-bond donors (Lipinski definition) is 0. The minimum atomic E-state index is 0.00532. The SMILES string of the molecule is CCCCC/C=C/CCCN1CCN(C)/C1=N\C(C)(C)C. The molecule has 1 heterocycles. The standard InChI is InChI=1S/C18H35N3/c1-6-7-8-9-10-11-12-13-14-21-16-15-20(5)17(21)19-18(2,3)4/h10-11H,6-9,12-16H2,1-5H3/b11-10+,19-17+. The number of unbranched alkanes of at least 4 members (excludes halogenated alkanes) is 4. The molecule has 1 fully saturated rings. The second kappa shape index (κ2) is 9.11. The molecule has 3 heteroatoms. The van der Waals surface area contributed by atoms with Gasteiger partial charge >= 0.3 is 0 Å². The topological polar surface area (TPSA) is 18.8 Å². The van der Waals surface area contributed by atoms with Crippen molar-refractivity contribution in [1.82, 2.24) is 9.80 Å². The zero-order valence-electron chi connectivity index (χ0n) is 14.9. The summed E-state index contributed by atoms with van der Waals surface area (Å²) >= 11 is 0. The monoisotopic (exact) mass is 293 g/mol. The van der Waals surface area contributed by atoms with E-state index in [0.29, 0.717) is 0 Å². The molecule has 3 nitrogen and oxygen atoms in total. The van der Waals surface area contributed by atoms with Crippen molar-refractivity contribution in [2.75, 3.05) is 26.7 Å². The first-order valence-corrected chi connectivity index (χ1v) is 8.65. The number of allylic oxidation sites excluding steroid dienone is 2. The molecule has 1 saturated heterocycles. The van der Waals surface area contributed by atoms with Gasteiger partial charge in [0, 0.05) is 26.7 Å². The van der Waals surface area contributed by atoms with E-state index in [2.05, 4.69) is 56.7 Å². The summed E-state index contributed by atoms with van der Waals surface area (Å²) in [6, 6.07) is 0. The van der Waals surface area contributed by atoms with Crippen LogP contribution in [-0.4, -0.2) is 48.0 Å². The number of aliphatic imine (C=N–C) groups is 1. The molecule has 0 aromatic carbocycles. The zero-order valence-corrected chi connectivity index (χ0v) is 14.9. The first kappa shape index (κ1) is 18.1. The van der Waals surface area contributed by atoms with Crippen molar-refractivity contribution in [3.63, 3.8) is 0 Å². The van der Waals surface area contributed by atoms with E-state index in [-0.39, 0.29) is 5.54 Å². The molecule has 0 bridgehead atoms. The molecule has 0 saturated carbocycles. The summed E-state index contributed by atoms with van der Waals surface area (Å²) < 4.78 is 0. The molecule has 1 aliphatic heterocycles. The van der Waals surface area contributed by atoms with Crippen molar-refractivity contribution in [3.8, 4) is 0 Å². The number of nitrogens with zero attached hydrogens (tertiary/aromatic N) is 3. The van der Waals surface area contributed by atoms with E-state index < -0.39 is 0 Å². The smallest absolute Gasteiger partial charge is 0.196 e. The van der Waals surface area contributed by atoms with Gasteiger partial charge in [-0.2, -0.15) is 0 Å². The van der Waals surface area contributed by atoms with Crippen LogP contribution in [0, 0.1) is 0 Å². The molecule has 0 aromatic rings. The van der Waals surface area contributed by atoms with Crippen molar-refractivity contribution >= 4 is 5.96 Å². The summed E-state index contributed by atoms with van der Waals surface area (Å²) in [6.45, 7) is 12.1. The Bertz CT molecular complexity index is 339. The summed E-state index contributed by atoms with van der Waals surface area (Å²) in [4.78, 5) is 9.59. The fraction of sp³-hybridized carbons (Fsp3) is 0.833. The van der Waals surface area contributed by atoms with Crippen LogP contribution < -0.4 is 0 Å². The fourth-order valence-corrected chi connectivity index (χ4v) is 2.53. The van der Waals surface area contributed by atoms with Crippen molar-refractivity contribution in [2.24, 2.45) is 4.99 Å².